The number of carboxylic acid groups (broad SMARTS) is 1. The standard InChI is InChI=1S/C13H16N4O3/c1-7-10(8(2)16-11(7)13(19)20)12(18)17(3)6-9-14-4-5-15-9/h4-5,16H,6H2,1-3H3,(H,14,15)(H,19,20). The monoisotopic (exact) mass is 276 g/mol. The average Bonchev–Trinajstić information content (AvgIpc) is 2.97. The number of rotatable bonds is 4. The van der Waals surface area contributed by atoms with Gasteiger partial charge < -0.3 is 20.0 Å². The van der Waals surface area contributed by atoms with Gasteiger partial charge in [-0.1, -0.05) is 0 Å². The van der Waals surface area contributed by atoms with Crippen LogP contribution in [0.15, 0.2) is 12.4 Å². The van der Waals surface area contributed by atoms with Gasteiger partial charge >= 0.3 is 5.97 Å². The van der Waals surface area contributed by atoms with Crippen LogP contribution in [0.3, 0.4) is 0 Å². The van der Waals surface area contributed by atoms with Crippen molar-refractivity contribution in [3.63, 3.8) is 0 Å². The maximum Gasteiger partial charge on any atom is 0.352 e. The molecule has 0 fully saturated rings. The zero-order valence-electron chi connectivity index (χ0n) is 11.5. The second-order valence-electron chi connectivity index (χ2n) is 4.63. The van der Waals surface area contributed by atoms with Gasteiger partial charge in [0, 0.05) is 25.1 Å². The minimum atomic E-state index is -1.07. The summed E-state index contributed by atoms with van der Waals surface area (Å²) in [6.45, 7) is 3.65. The highest BCUT2D eigenvalue weighted by Gasteiger charge is 2.24. The number of nitrogens with zero attached hydrogens (tertiary/aromatic N) is 2. The predicted molar refractivity (Wildman–Crippen MR) is 71.6 cm³/mol. The molecule has 3 N–H and O–H groups in total. The van der Waals surface area contributed by atoms with Crippen molar-refractivity contribution in [1.29, 1.82) is 0 Å². The first kappa shape index (κ1) is 13.9. The molecule has 2 aromatic rings. The molecule has 0 spiro atoms. The molecular weight excluding hydrogens is 260 g/mol. The van der Waals surface area contributed by atoms with Gasteiger partial charge in [0.05, 0.1) is 12.1 Å². The van der Waals surface area contributed by atoms with Crippen LogP contribution in [0.1, 0.15) is 37.9 Å². The van der Waals surface area contributed by atoms with Crippen LogP contribution >= 0.6 is 0 Å². The Balaban J connectivity index is 2.27. The van der Waals surface area contributed by atoms with Crippen molar-refractivity contribution in [3.05, 3.63) is 40.7 Å². The van der Waals surface area contributed by atoms with Crippen LogP contribution in [-0.4, -0.2) is 43.9 Å². The van der Waals surface area contributed by atoms with Crippen molar-refractivity contribution < 1.29 is 14.7 Å². The zero-order valence-corrected chi connectivity index (χ0v) is 11.5. The van der Waals surface area contributed by atoms with E-state index in [2.05, 4.69) is 15.0 Å². The fraction of sp³-hybridized carbons (Fsp3) is 0.308. The molecule has 106 valence electrons. The quantitative estimate of drug-likeness (QED) is 0.783. The van der Waals surface area contributed by atoms with E-state index >= 15 is 0 Å². The molecule has 7 heteroatoms. The molecule has 0 aliphatic heterocycles. The fourth-order valence-electron chi connectivity index (χ4n) is 2.16. The summed E-state index contributed by atoms with van der Waals surface area (Å²) in [4.78, 5) is 34.7. The van der Waals surface area contributed by atoms with Gasteiger partial charge in [-0.2, -0.15) is 0 Å². The summed E-state index contributed by atoms with van der Waals surface area (Å²) in [5.74, 6) is -0.636. The van der Waals surface area contributed by atoms with Crippen LogP contribution in [0.5, 0.6) is 0 Å². The lowest BCUT2D eigenvalue weighted by Gasteiger charge is -2.16. The van der Waals surface area contributed by atoms with Crippen LogP contribution in [0.2, 0.25) is 0 Å². The topological polar surface area (TPSA) is 102 Å². The third-order valence-corrected chi connectivity index (χ3v) is 3.15. The SMILES string of the molecule is Cc1[nH]c(C(=O)O)c(C)c1C(=O)N(C)Cc1ncc[nH]1. The molecule has 2 rings (SSSR count). The molecule has 20 heavy (non-hydrogen) atoms. The van der Waals surface area contributed by atoms with Gasteiger partial charge in [0.15, 0.2) is 0 Å². The molecule has 0 radical (unpaired) electrons. The maximum absolute atomic E-state index is 12.4. The lowest BCUT2D eigenvalue weighted by atomic mass is 10.1. The summed E-state index contributed by atoms with van der Waals surface area (Å²) in [6.07, 6.45) is 3.30. The number of hydrogen-bond acceptors (Lipinski definition) is 3. The number of aromatic amines is 2. The Hall–Kier alpha value is -2.57. The van der Waals surface area contributed by atoms with Gasteiger partial charge in [0.1, 0.15) is 11.5 Å². The smallest absolute Gasteiger partial charge is 0.352 e. The minimum absolute atomic E-state index is 0.0530. The third kappa shape index (κ3) is 2.42. The van der Waals surface area contributed by atoms with Gasteiger partial charge in [0.25, 0.3) is 5.91 Å². The Bertz CT molecular complexity index is 643. The Labute approximate surface area is 115 Å². The summed E-state index contributed by atoms with van der Waals surface area (Å²) in [7, 11) is 1.65. The summed E-state index contributed by atoms with van der Waals surface area (Å²) in [5, 5.41) is 9.06. The summed E-state index contributed by atoms with van der Waals surface area (Å²) >= 11 is 0. The third-order valence-electron chi connectivity index (χ3n) is 3.15. The lowest BCUT2D eigenvalue weighted by molar-refractivity contribution is 0.0690. The van der Waals surface area contributed by atoms with Crippen LogP contribution in [0.25, 0.3) is 0 Å². The molecule has 0 atom stereocenters. The molecule has 0 aliphatic carbocycles. The number of aromatic carboxylic acids is 1. The molecule has 0 bridgehead atoms. The molecule has 0 aromatic carbocycles. The molecule has 2 aromatic heterocycles. The van der Waals surface area contributed by atoms with Gasteiger partial charge in [0.2, 0.25) is 0 Å². The van der Waals surface area contributed by atoms with Crippen LogP contribution in [0.4, 0.5) is 0 Å². The van der Waals surface area contributed by atoms with Crippen molar-refractivity contribution in [2.24, 2.45) is 0 Å². The highest BCUT2D eigenvalue weighted by molar-refractivity contribution is 6.00. The van der Waals surface area contributed by atoms with E-state index in [4.69, 9.17) is 5.11 Å². The number of nitrogens with one attached hydrogen (secondary N) is 2. The Morgan fingerprint density at radius 2 is 2.10 bits per heavy atom. The van der Waals surface area contributed by atoms with Crippen LogP contribution in [-0.2, 0) is 6.54 Å². The Morgan fingerprint density at radius 3 is 2.60 bits per heavy atom. The fourth-order valence-corrected chi connectivity index (χ4v) is 2.16. The first-order valence-corrected chi connectivity index (χ1v) is 6.08. The summed E-state index contributed by atoms with van der Waals surface area (Å²) in [6, 6.07) is 0. The number of imidazole rings is 1. The number of aromatic nitrogens is 3. The highest BCUT2D eigenvalue weighted by Crippen LogP contribution is 2.20. The molecule has 1 amide bonds. The van der Waals surface area contributed by atoms with E-state index in [1.54, 1.807) is 33.3 Å². The largest absolute Gasteiger partial charge is 0.477 e. The van der Waals surface area contributed by atoms with Gasteiger partial charge in [-0.25, -0.2) is 9.78 Å². The van der Waals surface area contributed by atoms with E-state index < -0.39 is 5.97 Å². The lowest BCUT2D eigenvalue weighted by Crippen LogP contribution is -2.27. The molecule has 0 unspecified atom stereocenters. The van der Waals surface area contributed by atoms with E-state index in [0.29, 0.717) is 29.2 Å². The Kier molecular flexibility index (Phi) is 3.60. The molecule has 7 nitrogen and oxygen atoms in total. The summed E-state index contributed by atoms with van der Waals surface area (Å²) in [5.41, 5.74) is 1.45. The van der Waals surface area contributed by atoms with E-state index in [0.717, 1.165) is 0 Å². The number of hydrogen-bond donors (Lipinski definition) is 3. The van der Waals surface area contributed by atoms with Crippen molar-refractivity contribution in [1.82, 2.24) is 19.9 Å². The molecule has 0 aliphatic rings. The normalized spacial score (nSPS) is 10.6. The van der Waals surface area contributed by atoms with Gasteiger partial charge in [-0.05, 0) is 19.4 Å². The second kappa shape index (κ2) is 5.20. The number of amides is 1. The van der Waals surface area contributed by atoms with Crippen molar-refractivity contribution in [2.75, 3.05) is 7.05 Å². The molecule has 2 heterocycles. The number of aryl methyl sites for hydroxylation is 1. The minimum Gasteiger partial charge on any atom is -0.477 e. The van der Waals surface area contributed by atoms with Crippen molar-refractivity contribution >= 4 is 11.9 Å². The van der Waals surface area contributed by atoms with E-state index in [9.17, 15) is 9.59 Å². The average molecular weight is 276 g/mol. The van der Waals surface area contributed by atoms with Crippen molar-refractivity contribution in [2.45, 2.75) is 20.4 Å². The first-order valence-electron chi connectivity index (χ1n) is 6.08. The van der Waals surface area contributed by atoms with Crippen LogP contribution < -0.4 is 0 Å². The predicted octanol–water partition coefficient (Wildman–Crippen LogP) is 1.33. The summed E-state index contributed by atoms with van der Waals surface area (Å²) < 4.78 is 0. The van der Waals surface area contributed by atoms with Crippen LogP contribution in [0, 0.1) is 13.8 Å². The number of carboxylic acids is 1. The van der Waals surface area contributed by atoms with E-state index in [1.807, 2.05) is 0 Å². The molecule has 0 saturated carbocycles. The van der Waals surface area contributed by atoms with Crippen molar-refractivity contribution in [3.8, 4) is 0 Å². The number of carbonyl (C=O) groups excluding carboxylic acids is 1. The van der Waals surface area contributed by atoms with E-state index in [1.165, 1.54) is 4.90 Å². The van der Waals surface area contributed by atoms with Gasteiger partial charge in [-0.15, -0.1) is 0 Å². The second-order valence-corrected chi connectivity index (χ2v) is 4.63. The van der Waals surface area contributed by atoms with Gasteiger partial charge in [-0.3, -0.25) is 4.79 Å². The first-order chi connectivity index (χ1) is 9.41. The maximum atomic E-state index is 12.4. The molecule has 0 saturated heterocycles. The number of H-pyrrole nitrogens is 2. The highest BCUT2D eigenvalue weighted by atomic mass is 16.4. The molecular formula is C13H16N4O3. The number of carbonyl (C=O) groups is 2. The Morgan fingerprint density at radius 1 is 1.40 bits per heavy atom. The van der Waals surface area contributed by atoms with E-state index in [-0.39, 0.29) is 11.6 Å². The zero-order chi connectivity index (χ0) is 14.9.